The van der Waals surface area contributed by atoms with Crippen LogP contribution in [0.25, 0.3) is 0 Å². The van der Waals surface area contributed by atoms with Gasteiger partial charge in [-0.05, 0) is 49.9 Å². The third-order valence-electron chi connectivity index (χ3n) is 5.08. The van der Waals surface area contributed by atoms with Gasteiger partial charge in [-0.3, -0.25) is 10.3 Å². The van der Waals surface area contributed by atoms with E-state index in [0.717, 1.165) is 12.8 Å². The highest BCUT2D eigenvalue weighted by Gasteiger charge is 2.18. The van der Waals surface area contributed by atoms with E-state index < -0.39 is 5.97 Å². The largest absolute Gasteiger partial charge is 0.493 e. The highest BCUT2D eigenvalue weighted by molar-refractivity contribution is 5.95. The minimum absolute atomic E-state index is 0.164. The molecule has 2 aromatic rings. The van der Waals surface area contributed by atoms with Crippen LogP contribution in [0, 0.1) is 23.3 Å². The number of ether oxygens (including phenoxy) is 2. The maximum absolute atomic E-state index is 11.3. The molecule has 0 atom stereocenters. The van der Waals surface area contributed by atoms with Crippen molar-refractivity contribution in [1.82, 2.24) is 5.32 Å². The summed E-state index contributed by atoms with van der Waals surface area (Å²) in [5.74, 6) is 6.36. The highest BCUT2D eigenvalue weighted by atomic mass is 16.5. The number of nitrogens with zero attached hydrogens (tertiary/aromatic N) is 2. The standard InChI is InChI=1S/C25H26N4O4/c1-32-22-14-13-19(16-23(22)33-20-10-3-4-11-20)29-25(28-17-26)27-15-7-6-9-18-8-2-5-12-21(18)24(30)31/h2,5,8,12-14,16,20H,3-4,7,10-11,15H2,1H3,(H,30,31)(H2,27,28,29). The molecule has 33 heavy (non-hydrogen) atoms. The fourth-order valence-corrected chi connectivity index (χ4v) is 3.49. The van der Waals surface area contributed by atoms with E-state index in [1.165, 1.54) is 18.9 Å². The quantitative estimate of drug-likeness (QED) is 0.147. The Hall–Kier alpha value is -4.17. The number of hydrogen-bond acceptors (Lipinski definition) is 5. The van der Waals surface area contributed by atoms with Crippen LogP contribution in [0.1, 0.15) is 48.0 Å². The molecule has 0 unspecified atom stereocenters. The third-order valence-corrected chi connectivity index (χ3v) is 5.08. The Kier molecular flexibility index (Phi) is 8.55. The zero-order valence-electron chi connectivity index (χ0n) is 18.4. The molecule has 0 aliphatic heterocycles. The molecule has 2 aromatic carbocycles. The molecule has 1 aliphatic rings. The van der Waals surface area contributed by atoms with Crippen molar-refractivity contribution in [2.75, 3.05) is 19.0 Å². The Balaban J connectivity index is 1.65. The Labute approximate surface area is 193 Å². The summed E-state index contributed by atoms with van der Waals surface area (Å²) in [5.41, 5.74) is 1.32. The minimum atomic E-state index is -1.02. The molecule has 3 N–H and O–H groups in total. The van der Waals surface area contributed by atoms with Gasteiger partial charge in [-0.1, -0.05) is 24.0 Å². The molecule has 0 heterocycles. The Bertz CT molecular complexity index is 1110. The maximum atomic E-state index is 11.3. The van der Waals surface area contributed by atoms with E-state index in [1.807, 2.05) is 24.4 Å². The van der Waals surface area contributed by atoms with Gasteiger partial charge in [0.25, 0.3) is 0 Å². The van der Waals surface area contributed by atoms with Crippen molar-refractivity contribution in [3.05, 3.63) is 53.6 Å². The monoisotopic (exact) mass is 446 g/mol. The van der Waals surface area contributed by atoms with E-state index in [2.05, 4.69) is 27.5 Å². The Morgan fingerprint density at radius 1 is 1.21 bits per heavy atom. The molecule has 3 rings (SSSR count). The van der Waals surface area contributed by atoms with Gasteiger partial charge in [0.2, 0.25) is 5.96 Å². The third kappa shape index (κ3) is 6.91. The smallest absolute Gasteiger partial charge is 0.336 e. The van der Waals surface area contributed by atoms with Crippen LogP contribution in [0.5, 0.6) is 11.5 Å². The van der Waals surface area contributed by atoms with E-state index >= 15 is 0 Å². The van der Waals surface area contributed by atoms with E-state index in [4.69, 9.17) is 14.7 Å². The number of anilines is 1. The van der Waals surface area contributed by atoms with Gasteiger partial charge in [0.05, 0.1) is 25.3 Å². The summed E-state index contributed by atoms with van der Waals surface area (Å²) in [6.45, 7) is 0.320. The van der Waals surface area contributed by atoms with Crippen LogP contribution in [0.15, 0.2) is 47.5 Å². The number of carboxylic acid groups (broad SMARTS) is 1. The molecule has 170 valence electrons. The second-order valence-electron chi connectivity index (χ2n) is 7.38. The zero-order valence-corrected chi connectivity index (χ0v) is 18.4. The van der Waals surface area contributed by atoms with Crippen LogP contribution in [0.2, 0.25) is 0 Å². The van der Waals surface area contributed by atoms with E-state index in [9.17, 15) is 9.90 Å². The molecule has 0 radical (unpaired) electrons. The van der Waals surface area contributed by atoms with Crippen molar-refractivity contribution < 1.29 is 19.4 Å². The molecule has 1 fully saturated rings. The number of aromatic carboxylic acids is 1. The number of methoxy groups -OCH3 is 1. The van der Waals surface area contributed by atoms with Crippen LogP contribution in [0.3, 0.4) is 0 Å². The molecule has 8 nitrogen and oxygen atoms in total. The molecule has 1 aliphatic carbocycles. The van der Waals surface area contributed by atoms with Crippen molar-refractivity contribution in [1.29, 1.82) is 5.26 Å². The summed E-state index contributed by atoms with van der Waals surface area (Å²) in [4.78, 5) is 15.6. The summed E-state index contributed by atoms with van der Waals surface area (Å²) in [5, 5.41) is 23.9. The number of carbonyl (C=O) groups is 1. The van der Waals surface area contributed by atoms with Gasteiger partial charge in [0.1, 0.15) is 0 Å². The number of nitrogens with one attached hydrogen (secondary N) is 2. The molecule has 0 spiro atoms. The Morgan fingerprint density at radius 3 is 2.73 bits per heavy atom. The van der Waals surface area contributed by atoms with Gasteiger partial charge in [0, 0.05) is 23.7 Å². The van der Waals surface area contributed by atoms with E-state index in [-0.39, 0.29) is 17.6 Å². The molecule has 8 heteroatoms. The maximum Gasteiger partial charge on any atom is 0.336 e. The second kappa shape index (κ2) is 12.0. The van der Waals surface area contributed by atoms with Gasteiger partial charge in [0.15, 0.2) is 17.7 Å². The lowest BCUT2D eigenvalue weighted by molar-refractivity contribution is 0.0696. The lowest BCUT2D eigenvalue weighted by atomic mass is 10.1. The molecule has 1 saturated carbocycles. The zero-order chi connectivity index (χ0) is 23.5. The molecule has 0 bridgehead atoms. The summed E-state index contributed by atoms with van der Waals surface area (Å²) >= 11 is 0. The second-order valence-corrected chi connectivity index (χ2v) is 7.38. The number of guanidine groups is 1. The van der Waals surface area contributed by atoms with Gasteiger partial charge >= 0.3 is 5.97 Å². The summed E-state index contributed by atoms with van der Waals surface area (Å²) in [6.07, 6.45) is 6.84. The SMILES string of the molecule is COc1ccc(NC(=NCCC#Cc2ccccc2C(=O)O)NC#N)cc1OC1CCCC1. The van der Waals surface area contributed by atoms with Gasteiger partial charge in [-0.15, -0.1) is 0 Å². The molecular weight excluding hydrogens is 420 g/mol. The van der Waals surface area contributed by atoms with E-state index in [0.29, 0.717) is 35.7 Å². The number of rotatable bonds is 7. The number of nitriles is 1. The minimum Gasteiger partial charge on any atom is -0.493 e. The van der Waals surface area contributed by atoms with Crippen molar-refractivity contribution in [2.24, 2.45) is 4.99 Å². The summed E-state index contributed by atoms with van der Waals surface area (Å²) in [7, 11) is 1.60. The highest BCUT2D eigenvalue weighted by Crippen LogP contribution is 2.33. The first-order chi connectivity index (χ1) is 16.1. The van der Waals surface area contributed by atoms with Crippen molar-refractivity contribution in [3.63, 3.8) is 0 Å². The predicted molar refractivity (Wildman–Crippen MR) is 125 cm³/mol. The Morgan fingerprint density at radius 2 is 2.00 bits per heavy atom. The normalized spacial score (nSPS) is 13.4. The van der Waals surface area contributed by atoms with Crippen LogP contribution in [-0.2, 0) is 0 Å². The lowest BCUT2D eigenvalue weighted by Crippen LogP contribution is -2.27. The average molecular weight is 447 g/mol. The molecule has 0 aromatic heterocycles. The fraction of sp³-hybridized carbons (Fsp3) is 0.320. The lowest BCUT2D eigenvalue weighted by Gasteiger charge is -2.17. The average Bonchev–Trinajstić information content (AvgIpc) is 3.32. The molecule has 0 amide bonds. The molecular formula is C25H26N4O4. The fourth-order valence-electron chi connectivity index (χ4n) is 3.49. The number of carboxylic acids is 1. The number of aliphatic imine (C=N–C) groups is 1. The van der Waals surface area contributed by atoms with Crippen molar-refractivity contribution in [3.8, 4) is 29.5 Å². The molecule has 0 saturated heterocycles. The number of hydrogen-bond donors (Lipinski definition) is 3. The topological polar surface area (TPSA) is 116 Å². The van der Waals surface area contributed by atoms with Gasteiger partial charge in [-0.25, -0.2) is 4.79 Å². The first-order valence-corrected chi connectivity index (χ1v) is 10.7. The summed E-state index contributed by atoms with van der Waals surface area (Å²) in [6, 6.07) is 12.0. The predicted octanol–water partition coefficient (Wildman–Crippen LogP) is 4.00. The van der Waals surface area contributed by atoms with Gasteiger partial charge in [-0.2, -0.15) is 5.26 Å². The van der Waals surface area contributed by atoms with Crippen LogP contribution in [-0.4, -0.2) is 36.8 Å². The van der Waals surface area contributed by atoms with Crippen molar-refractivity contribution >= 4 is 17.6 Å². The van der Waals surface area contributed by atoms with Crippen molar-refractivity contribution in [2.45, 2.75) is 38.2 Å². The van der Waals surface area contributed by atoms with Crippen LogP contribution in [0.4, 0.5) is 5.69 Å². The summed E-state index contributed by atoms with van der Waals surface area (Å²) < 4.78 is 11.5. The number of benzene rings is 2. The van der Waals surface area contributed by atoms with Crippen LogP contribution >= 0.6 is 0 Å². The van der Waals surface area contributed by atoms with Gasteiger partial charge < -0.3 is 19.9 Å². The first-order valence-electron chi connectivity index (χ1n) is 10.7. The van der Waals surface area contributed by atoms with E-state index in [1.54, 1.807) is 25.3 Å². The van der Waals surface area contributed by atoms with Crippen LogP contribution < -0.4 is 20.1 Å². The first kappa shape index (κ1) is 23.5.